The van der Waals surface area contributed by atoms with Gasteiger partial charge in [-0.15, -0.1) is 0 Å². The highest BCUT2D eigenvalue weighted by atomic mass is 32.2. The van der Waals surface area contributed by atoms with E-state index >= 15 is 0 Å². The topological polar surface area (TPSA) is 64.0 Å². The number of anilines is 1. The number of carbonyl (C=O) groups is 2. The Kier molecular flexibility index (Phi) is 5.55. The van der Waals surface area contributed by atoms with Crippen molar-refractivity contribution in [3.63, 3.8) is 0 Å². The van der Waals surface area contributed by atoms with Gasteiger partial charge in [0.2, 0.25) is 5.91 Å². The molecule has 0 spiro atoms. The standard InChI is InChI=1S/C19H17F2N3O2S/c1-11(17(26)13-7-9-14(10-8-13)22-12(2)25)27-19-23-15-5-3-4-6-16(15)24(19)18(20)21/h3-11,18H,1-2H3,(H,22,25). The number of benzene rings is 2. The Morgan fingerprint density at radius 2 is 1.78 bits per heavy atom. The molecule has 5 nitrogen and oxygen atoms in total. The van der Waals surface area contributed by atoms with E-state index < -0.39 is 11.8 Å². The molecule has 1 N–H and O–H groups in total. The molecule has 2 aromatic carbocycles. The van der Waals surface area contributed by atoms with Gasteiger partial charge in [-0.2, -0.15) is 8.78 Å². The van der Waals surface area contributed by atoms with Gasteiger partial charge in [0.25, 0.3) is 0 Å². The van der Waals surface area contributed by atoms with Crippen molar-refractivity contribution < 1.29 is 18.4 Å². The number of rotatable bonds is 6. The van der Waals surface area contributed by atoms with Gasteiger partial charge < -0.3 is 5.32 Å². The lowest BCUT2D eigenvalue weighted by Crippen LogP contribution is -2.15. The molecule has 1 heterocycles. The summed E-state index contributed by atoms with van der Waals surface area (Å²) in [4.78, 5) is 27.9. The van der Waals surface area contributed by atoms with Crippen LogP contribution in [-0.2, 0) is 4.79 Å². The third kappa shape index (κ3) is 4.16. The lowest BCUT2D eigenvalue weighted by atomic mass is 10.1. The number of imidazole rings is 1. The predicted molar refractivity (Wildman–Crippen MR) is 101 cm³/mol. The second kappa shape index (κ2) is 7.87. The Hall–Kier alpha value is -2.74. The summed E-state index contributed by atoms with van der Waals surface area (Å²) in [6.07, 6.45) is 0. The van der Waals surface area contributed by atoms with Gasteiger partial charge >= 0.3 is 6.55 Å². The van der Waals surface area contributed by atoms with Crippen LogP contribution in [0.4, 0.5) is 14.5 Å². The molecule has 0 fully saturated rings. The average Bonchev–Trinajstić information content (AvgIpc) is 2.99. The molecular formula is C19H17F2N3O2S. The number of aromatic nitrogens is 2. The maximum absolute atomic E-state index is 13.5. The van der Waals surface area contributed by atoms with Gasteiger partial charge in [0.15, 0.2) is 10.9 Å². The molecule has 1 amide bonds. The zero-order valence-corrected chi connectivity index (χ0v) is 15.5. The summed E-state index contributed by atoms with van der Waals surface area (Å²) in [6, 6.07) is 13.1. The summed E-state index contributed by atoms with van der Waals surface area (Å²) < 4.78 is 27.8. The highest BCUT2D eigenvalue weighted by molar-refractivity contribution is 8.00. The minimum absolute atomic E-state index is 0.0990. The summed E-state index contributed by atoms with van der Waals surface area (Å²) >= 11 is 0.995. The molecule has 0 aliphatic rings. The first-order chi connectivity index (χ1) is 12.9. The van der Waals surface area contributed by atoms with E-state index in [1.807, 2.05) is 0 Å². The Labute approximate surface area is 158 Å². The van der Waals surface area contributed by atoms with Crippen LogP contribution in [-0.4, -0.2) is 26.5 Å². The molecule has 0 bridgehead atoms. The third-order valence-corrected chi connectivity index (χ3v) is 4.97. The van der Waals surface area contributed by atoms with Gasteiger partial charge in [-0.1, -0.05) is 23.9 Å². The number of para-hydroxylation sites is 2. The van der Waals surface area contributed by atoms with E-state index in [2.05, 4.69) is 10.3 Å². The first-order valence-corrected chi connectivity index (χ1v) is 9.08. The molecule has 140 valence electrons. The smallest absolute Gasteiger partial charge is 0.321 e. The lowest BCUT2D eigenvalue weighted by Gasteiger charge is -2.12. The largest absolute Gasteiger partial charge is 0.326 e. The fraction of sp³-hybridized carbons (Fsp3) is 0.211. The average molecular weight is 389 g/mol. The van der Waals surface area contributed by atoms with Crippen molar-refractivity contribution in [3.8, 4) is 0 Å². The van der Waals surface area contributed by atoms with E-state index in [1.54, 1.807) is 55.5 Å². The minimum Gasteiger partial charge on any atom is -0.326 e. The van der Waals surface area contributed by atoms with Gasteiger partial charge in [0.1, 0.15) is 0 Å². The van der Waals surface area contributed by atoms with Crippen LogP contribution >= 0.6 is 11.8 Å². The van der Waals surface area contributed by atoms with Crippen LogP contribution in [0.2, 0.25) is 0 Å². The highest BCUT2D eigenvalue weighted by Gasteiger charge is 2.23. The Balaban J connectivity index is 1.81. The van der Waals surface area contributed by atoms with Gasteiger partial charge in [-0.05, 0) is 43.3 Å². The van der Waals surface area contributed by atoms with E-state index in [4.69, 9.17) is 0 Å². The summed E-state index contributed by atoms with van der Waals surface area (Å²) in [7, 11) is 0. The quantitative estimate of drug-likeness (QED) is 0.488. The van der Waals surface area contributed by atoms with Crippen LogP contribution in [0.25, 0.3) is 11.0 Å². The van der Waals surface area contributed by atoms with Crippen molar-refractivity contribution in [1.29, 1.82) is 0 Å². The number of carbonyl (C=O) groups excluding carboxylic acids is 2. The zero-order chi connectivity index (χ0) is 19.6. The SMILES string of the molecule is CC(=O)Nc1ccc(C(=O)C(C)Sc2nc3ccccc3n2C(F)F)cc1. The summed E-state index contributed by atoms with van der Waals surface area (Å²) in [5, 5.41) is 2.12. The second-order valence-electron chi connectivity index (χ2n) is 5.91. The van der Waals surface area contributed by atoms with Gasteiger partial charge in [0.05, 0.1) is 16.3 Å². The monoisotopic (exact) mass is 389 g/mol. The minimum atomic E-state index is -2.75. The lowest BCUT2D eigenvalue weighted by molar-refractivity contribution is -0.114. The second-order valence-corrected chi connectivity index (χ2v) is 7.22. The van der Waals surface area contributed by atoms with Crippen molar-refractivity contribution in [2.75, 3.05) is 5.32 Å². The Bertz CT molecular complexity index is 986. The fourth-order valence-electron chi connectivity index (χ4n) is 2.66. The molecule has 0 aliphatic heterocycles. The van der Waals surface area contributed by atoms with E-state index in [-0.39, 0.29) is 16.8 Å². The zero-order valence-electron chi connectivity index (χ0n) is 14.6. The van der Waals surface area contributed by atoms with Crippen molar-refractivity contribution in [2.45, 2.75) is 30.8 Å². The predicted octanol–water partition coefficient (Wildman–Crippen LogP) is 4.75. The molecule has 1 aromatic heterocycles. The number of fused-ring (bicyclic) bond motifs is 1. The van der Waals surface area contributed by atoms with Crippen molar-refractivity contribution in [1.82, 2.24) is 9.55 Å². The molecule has 0 saturated carbocycles. The van der Waals surface area contributed by atoms with E-state index in [9.17, 15) is 18.4 Å². The summed E-state index contributed by atoms with van der Waals surface area (Å²) in [5.74, 6) is -0.411. The number of thioether (sulfide) groups is 1. The molecule has 1 atom stereocenters. The van der Waals surface area contributed by atoms with Crippen LogP contribution in [0, 0.1) is 0 Å². The maximum Gasteiger partial charge on any atom is 0.321 e. The van der Waals surface area contributed by atoms with E-state index in [1.165, 1.54) is 6.92 Å². The summed E-state index contributed by atoms with van der Waals surface area (Å²) in [6.45, 7) is 0.302. The molecule has 0 radical (unpaired) electrons. The maximum atomic E-state index is 13.5. The van der Waals surface area contributed by atoms with Crippen molar-refractivity contribution in [3.05, 3.63) is 54.1 Å². The molecule has 27 heavy (non-hydrogen) atoms. The first-order valence-electron chi connectivity index (χ1n) is 8.20. The van der Waals surface area contributed by atoms with Crippen LogP contribution in [0.1, 0.15) is 30.8 Å². The number of Topliss-reactive ketones (excluding diaryl/α,β-unsaturated/α-hetero) is 1. The number of amides is 1. The van der Waals surface area contributed by atoms with Crippen LogP contribution in [0.5, 0.6) is 0 Å². The first kappa shape index (κ1) is 19.0. The van der Waals surface area contributed by atoms with Crippen LogP contribution < -0.4 is 5.32 Å². The van der Waals surface area contributed by atoms with Crippen molar-refractivity contribution >= 4 is 40.2 Å². The van der Waals surface area contributed by atoms with Crippen LogP contribution in [0.3, 0.4) is 0 Å². The molecular weight excluding hydrogens is 372 g/mol. The van der Waals surface area contributed by atoms with Crippen LogP contribution in [0.15, 0.2) is 53.7 Å². The number of hydrogen-bond donors (Lipinski definition) is 1. The van der Waals surface area contributed by atoms with Gasteiger partial charge in [0, 0.05) is 18.2 Å². The molecule has 3 rings (SSSR count). The number of nitrogens with zero attached hydrogens (tertiary/aromatic N) is 2. The Morgan fingerprint density at radius 1 is 1.11 bits per heavy atom. The molecule has 3 aromatic rings. The van der Waals surface area contributed by atoms with E-state index in [0.29, 0.717) is 22.3 Å². The fourth-order valence-corrected chi connectivity index (χ4v) is 3.66. The Morgan fingerprint density at radius 3 is 2.41 bits per heavy atom. The third-order valence-electron chi connectivity index (χ3n) is 3.90. The number of hydrogen-bond acceptors (Lipinski definition) is 4. The van der Waals surface area contributed by atoms with Gasteiger partial charge in [-0.25, -0.2) is 4.98 Å². The van der Waals surface area contributed by atoms with Crippen molar-refractivity contribution in [2.24, 2.45) is 0 Å². The number of halogens is 2. The van der Waals surface area contributed by atoms with E-state index in [0.717, 1.165) is 16.3 Å². The number of alkyl halides is 2. The molecule has 0 saturated heterocycles. The number of ketones is 1. The highest BCUT2D eigenvalue weighted by Crippen LogP contribution is 2.32. The molecule has 1 unspecified atom stereocenters. The molecule has 8 heteroatoms. The number of nitrogens with one attached hydrogen (secondary N) is 1. The summed E-state index contributed by atoms with van der Waals surface area (Å²) in [5.41, 5.74) is 1.80. The van der Waals surface area contributed by atoms with Gasteiger partial charge in [-0.3, -0.25) is 14.2 Å². The normalized spacial score (nSPS) is 12.3. The molecule has 0 aliphatic carbocycles.